The van der Waals surface area contributed by atoms with Crippen LogP contribution in [0, 0.1) is 0 Å². The molecule has 8 aromatic carbocycles. The molecule has 0 saturated heterocycles. The fraction of sp³-hybridized carbons (Fsp3) is 0. The van der Waals surface area contributed by atoms with E-state index >= 15 is 0 Å². The highest BCUT2D eigenvalue weighted by molar-refractivity contribution is 6.15. The van der Waals surface area contributed by atoms with Crippen LogP contribution in [-0.4, -0.2) is 0 Å². The van der Waals surface area contributed by atoms with Crippen LogP contribution in [0.1, 0.15) is 0 Å². The van der Waals surface area contributed by atoms with Crippen LogP contribution >= 0.6 is 0 Å². The Kier molecular flexibility index (Phi) is 6.17. The predicted octanol–water partition coefficient (Wildman–Crippen LogP) is 12.7. The van der Waals surface area contributed by atoms with Gasteiger partial charge in [-0.1, -0.05) is 127 Å². The van der Waals surface area contributed by atoms with Crippen molar-refractivity contribution >= 4 is 60.5 Å². The summed E-state index contributed by atoms with van der Waals surface area (Å²) in [5.74, 6) is 0. The molecular weight excluding hydrogens is 558 g/mol. The Labute approximate surface area is 267 Å². The average Bonchev–Trinajstić information content (AvgIpc) is 3.52. The number of anilines is 3. The Bertz CT molecular complexity index is 2520. The highest BCUT2D eigenvalue weighted by Crippen LogP contribution is 2.43. The van der Waals surface area contributed by atoms with Crippen molar-refractivity contribution in [2.24, 2.45) is 0 Å². The molecular formula is C44H29NO. The smallest absolute Gasteiger partial charge is 0.143 e. The van der Waals surface area contributed by atoms with Crippen molar-refractivity contribution < 1.29 is 4.42 Å². The summed E-state index contributed by atoms with van der Waals surface area (Å²) < 4.78 is 6.38. The van der Waals surface area contributed by atoms with E-state index < -0.39 is 0 Å². The molecule has 0 fully saturated rings. The molecule has 9 rings (SSSR count). The molecule has 0 radical (unpaired) electrons. The molecule has 216 valence electrons. The van der Waals surface area contributed by atoms with Crippen LogP contribution < -0.4 is 4.90 Å². The standard InChI is InChI=1S/C44H29NO/c1-2-11-31(12-3-1)38-16-6-8-19-42(38)45(34-24-21-32(22-25-34)37-18-10-14-30-13-4-5-15-36(30)37)35-26-28-39-33(29-35)23-27-41-40-17-7-9-20-43(40)46-44(39)41/h1-29H. The summed E-state index contributed by atoms with van der Waals surface area (Å²) in [6.07, 6.45) is 0. The third kappa shape index (κ3) is 4.35. The Morgan fingerprint density at radius 1 is 0.370 bits per heavy atom. The third-order valence-electron chi connectivity index (χ3n) is 9.06. The fourth-order valence-electron chi connectivity index (χ4n) is 6.86. The fourth-order valence-corrected chi connectivity index (χ4v) is 6.86. The summed E-state index contributed by atoms with van der Waals surface area (Å²) in [6, 6.07) is 62.8. The maximum atomic E-state index is 6.38. The number of para-hydroxylation sites is 2. The first-order chi connectivity index (χ1) is 22.8. The van der Waals surface area contributed by atoms with Gasteiger partial charge in [0.25, 0.3) is 0 Å². The highest BCUT2D eigenvalue weighted by atomic mass is 16.3. The quantitative estimate of drug-likeness (QED) is 0.199. The molecule has 2 heteroatoms. The number of nitrogens with zero attached hydrogens (tertiary/aromatic N) is 1. The van der Waals surface area contributed by atoms with E-state index in [0.717, 1.165) is 49.8 Å². The van der Waals surface area contributed by atoms with Crippen molar-refractivity contribution in [2.75, 3.05) is 4.90 Å². The van der Waals surface area contributed by atoms with Crippen LogP contribution in [0.25, 0.3) is 65.7 Å². The van der Waals surface area contributed by atoms with Gasteiger partial charge in [-0.2, -0.15) is 0 Å². The monoisotopic (exact) mass is 587 g/mol. The van der Waals surface area contributed by atoms with Crippen molar-refractivity contribution in [2.45, 2.75) is 0 Å². The van der Waals surface area contributed by atoms with Gasteiger partial charge in [-0.3, -0.25) is 0 Å². The molecule has 0 aliphatic carbocycles. The van der Waals surface area contributed by atoms with Gasteiger partial charge in [0.1, 0.15) is 11.2 Å². The zero-order valence-corrected chi connectivity index (χ0v) is 25.1. The number of furan rings is 1. The first-order valence-corrected chi connectivity index (χ1v) is 15.7. The lowest BCUT2D eigenvalue weighted by atomic mass is 9.97. The Morgan fingerprint density at radius 3 is 1.91 bits per heavy atom. The first kappa shape index (κ1) is 26.3. The number of hydrogen-bond acceptors (Lipinski definition) is 2. The first-order valence-electron chi connectivity index (χ1n) is 15.7. The minimum absolute atomic E-state index is 0.916. The van der Waals surface area contributed by atoms with Crippen molar-refractivity contribution in [3.63, 3.8) is 0 Å². The molecule has 0 saturated carbocycles. The van der Waals surface area contributed by atoms with Crippen LogP contribution in [0.2, 0.25) is 0 Å². The van der Waals surface area contributed by atoms with Gasteiger partial charge in [-0.15, -0.1) is 0 Å². The topological polar surface area (TPSA) is 16.4 Å². The third-order valence-corrected chi connectivity index (χ3v) is 9.06. The number of rotatable bonds is 5. The Balaban J connectivity index is 1.22. The molecule has 9 aromatic rings. The summed E-state index contributed by atoms with van der Waals surface area (Å²) in [7, 11) is 0. The molecule has 0 unspecified atom stereocenters. The van der Waals surface area contributed by atoms with Gasteiger partial charge in [0.15, 0.2) is 0 Å². The van der Waals surface area contributed by atoms with E-state index in [2.05, 4.69) is 169 Å². The van der Waals surface area contributed by atoms with E-state index in [-0.39, 0.29) is 0 Å². The summed E-state index contributed by atoms with van der Waals surface area (Å²) in [5, 5.41) is 7.05. The van der Waals surface area contributed by atoms with Crippen LogP contribution in [0.3, 0.4) is 0 Å². The number of benzene rings is 8. The Hall–Kier alpha value is -6.12. The number of fused-ring (bicyclic) bond motifs is 6. The second-order valence-electron chi connectivity index (χ2n) is 11.7. The van der Waals surface area contributed by atoms with Crippen LogP contribution in [0.15, 0.2) is 180 Å². The van der Waals surface area contributed by atoms with Gasteiger partial charge < -0.3 is 9.32 Å². The van der Waals surface area contributed by atoms with Crippen molar-refractivity contribution in [1.82, 2.24) is 0 Å². The summed E-state index contributed by atoms with van der Waals surface area (Å²) in [4.78, 5) is 2.37. The molecule has 0 aliphatic rings. The van der Waals surface area contributed by atoms with E-state index in [0.29, 0.717) is 0 Å². The molecule has 1 heterocycles. The minimum atomic E-state index is 0.916. The zero-order chi connectivity index (χ0) is 30.5. The summed E-state index contributed by atoms with van der Waals surface area (Å²) >= 11 is 0. The maximum absolute atomic E-state index is 6.38. The Morgan fingerprint density at radius 2 is 1.02 bits per heavy atom. The molecule has 1 aromatic heterocycles. The van der Waals surface area contributed by atoms with Gasteiger partial charge >= 0.3 is 0 Å². The van der Waals surface area contributed by atoms with E-state index in [1.54, 1.807) is 0 Å². The van der Waals surface area contributed by atoms with Crippen LogP contribution in [0.4, 0.5) is 17.1 Å². The number of hydrogen-bond donors (Lipinski definition) is 0. The van der Waals surface area contributed by atoms with E-state index in [9.17, 15) is 0 Å². The van der Waals surface area contributed by atoms with E-state index in [4.69, 9.17) is 4.42 Å². The SMILES string of the molecule is c1ccc(-c2ccccc2N(c2ccc(-c3cccc4ccccc34)cc2)c2ccc3c(ccc4c5ccccc5oc34)c2)cc1. The molecule has 2 nitrogen and oxygen atoms in total. The molecule has 0 bridgehead atoms. The van der Waals surface area contributed by atoms with Gasteiger partial charge in [-0.25, -0.2) is 0 Å². The highest BCUT2D eigenvalue weighted by Gasteiger charge is 2.19. The second kappa shape index (κ2) is 10.8. The van der Waals surface area contributed by atoms with Gasteiger partial charge in [-0.05, 0) is 81.4 Å². The van der Waals surface area contributed by atoms with Crippen LogP contribution in [-0.2, 0) is 0 Å². The molecule has 0 N–H and O–H groups in total. The largest absolute Gasteiger partial charge is 0.455 e. The normalized spacial score (nSPS) is 11.5. The lowest BCUT2D eigenvalue weighted by Gasteiger charge is -2.28. The van der Waals surface area contributed by atoms with Crippen molar-refractivity contribution in [1.29, 1.82) is 0 Å². The molecule has 0 aliphatic heterocycles. The lowest BCUT2D eigenvalue weighted by molar-refractivity contribution is 0.672. The van der Waals surface area contributed by atoms with Gasteiger partial charge in [0.2, 0.25) is 0 Å². The lowest BCUT2D eigenvalue weighted by Crippen LogP contribution is -2.11. The average molecular weight is 588 g/mol. The van der Waals surface area contributed by atoms with Gasteiger partial charge in [0, 0.05) is 33.1 Å². The van der Waals surface area contributed by atoms with E-state index in [1.807, 2.05) is 12.1 Å². The summed E-state index contributed by atoms with van der Waals surface area (Å²) in [5.41, 5.74) is 9.94. The molecule has 0 atom stereocenters. The maximum Gasteiger partial charge on any atom is 0.143 e. The van der Waals surface area contributed by atoms with Gasteiger partial charge in [0.05, 0.1) is 5.69 Å². The summed E-state index contributed by atoms with van der Waals surface area (Å²) in [6.45, 7) is 0. The predicted molar refractivity (Wildman–Crippen MR) is 194 cm³/mol. The second-order valence-corrected chi connectivity index (χ2v) is 11.7. The van der Waals surface area contributed by atoms with Crippen molar-refractivity contribution in [3.05, 3.63) is 176 Å². The molecule has 0 spiro atoms. The minimum Gasteiger partial charge on any atom is -0.455 e. The van der Waals surface area contributed by atoms with Crippen LogP contribution in [0.5, 0.6) is 0 Å². The zero-order valence-electron chi connectivity index (χ0n) is 25.1. The molecule has 46 heavy (non-hydrogen) atoms. The molecule has 0 amide bonds. The van der Waals surface area contributed by atoms with E-state index in [1.165, 1.54) is 33.0 Å². The van der Waals surface area contributed by atoms with Crippen molar-refractivity contribution in [3.8, 4) is 22.3 Å².